The van der Waals surface area contributed by atoms with Crippen LogP contribution in [-0.4, -0.2) is 37.9 Å². The summed E-state index contributed by atoms with van der Waals surface area (Å²) in [5, 5.41) is 10.1. The van der Waals surface area contributed by atoms with Gasteiger partial charge in [-0.15, -0.1) is 5.10 Å². The molecule has 2 aromatic carbocycles. The Morgan fingerprint density at radius 1 is 1.12 bits per heavy atom. The average molecular weight is 373 g/mol. The van der Waals surface area contributed by atoms with Crippen molar-refractivity contribution in [2.45, 2.75) is 4.90 Å². The minimum Gasteiger partial charge on any atom is -0.497 e. The number of carbonyl (C=O) groups is 1. The van der Waals surface area contributed by atoms with Crippen molar-refractivity contribution in [3.05, 3.63) is 54.1 Å². The van der Waals surface area contributed by atoms with Crippen LogP contribution >= 0.6 is 0 Å². The Labute approximate surface area is 149 Å². The first kappa shape index (κ1) is 17.6. The first-order valence-electron chi connectivity index (χ1n) is 7.46. The van der Waals surface area contributed by atoms with E-state index >= 15 is 0 Å². The van der Waals surface area contributed by atoms with Gasteiger partial charge in [0.2, 0.25) is 5.89 Å². The van der Waals surface area contributed by atoms with Gasteiger partial charge >= 0.3 is 6.01 Å². The van der Waals surface area contributed by atoms with Crippen LogP contribution in [0.2, 0.25) is 0 Å². The normalized spacial score (nSPS) is 11.2. The molecule has 0 saturated carbocycles. The SMILES string of the molecule is COc1ccc(-c2nnc(NC(=O)c3cccc(S(C)(=O)=O)c3)o2)cc1. The van der Waals surface area contributed by atoms with Gasteiger partial charge in [0.15, 0.2) is 9.84 Å². The lowest BCUT2D eigenvalue weighted by Crippen LogP contribution is -2.13. The highest BCUT2D eigenvalue weighted by molar-refractivity contribution is 7.90. The lowest BCUT2D eigenvalue weighted by molar-refractivity contribution is 0.102. The molecule has 0 unspecified atom stereocenters. The van der Waals surface area contributed by atoms with Crippen molar-refractivity contribution in [1.29, 1.82) is 0 Å². The van der Waals surface area contributed by atoms with E-state index in [0.29, 0.717) is 11.3 Å². The Bertz CT molecular complexity index is 1040. The number of benzene rings is 2. The van der Waals surface area contributed by atoms with E-state index in [9.17, 15) is 13.2 Å². The van der Waals surface area contributed by atoms with E-state index in [-0.39, 0.29) is 22.4 Å². The molecule has 0 fully saturated rings. The van der Waals surface area contributed by atoms with Gasteiger partial charge in [0.25, 0.3) is 5.91 Å². The van der Waals surface area contributed by atoms with Crippen LogP contribution in [0.1, 0.15) is 10.4 Å². The first-order chi connectivity index (χ1) is 12.4. The Kier molecular flexibility index (Phi) is 4.72. The van der Waals surface area contributed by atoms with E-state index in [1.807, 2.05) is 0 Å². The summed E-state index contributed by atoms with van der Waals surface area (Å²) in [6.07, 6.45) is 1.07. The van der Waals surface area contributed by atoms with E-state index in [4.69, 9.17) is 9.15 Å². The number of anilines is 1. The molecule has 9 heteroatoms. The molecule has 0 aliphatic carbocycles. The molecule has 0 atom stereocenters. The molecular formula is C17H15N3O5S. The van der Waals surface area contributed by atoms with Crippen LogP contribution in [0.25, 0.3) is 11.5 Å². The summed E-state index contributed by atoms with van der Waals surface area (Å²) >= 11 is 0. The summed E-state index contributed by atoms with van der Waals surface area (Å²) in [7, 11) is -1.85. The third-order valence-electron chi connectivity index (χ3n) is 3.51. The van der Waals surface area contributed by atoms with E-state index in [0.717, 1.165) is 6.26 Å². The molecule has 134 valence electrons. The number of hydrogen-bond acceptors (Lipinski definition) is 7. The van der Waals surface area contributed by atoms with Crippen LogP contribution in [0.3, 0.4) is 0 Å². The lowest BCUT2D eigenvalue weighted by atomic mass is 10.2. The van der Waals surface area contributed by atoms with Gasteiger partial charge in [-0.1, -0.05) is 11.2 Å². The minimum absolute atomic E-state index is 0.0506. The van der Waals surface area contributed by atoms with Crippen LogP contribution in [0.4, 0.5) is 6.01 Å². The standard InChI is InChI=1S/C17H15N3O5S/c1-24-13-8-6-11(7-9-13)16-19-20-17(25-16)18-15(21)12-4-3-5-14(10-12)26(2,22)23/h3-10H,1-2H3,(H,18,20,21). The monoisotopic (exact) mass is 373 g/mol. The van der Waals surface area contributed by atoms with Crippen molar-refractivity contribution >= 4 is 21.8 Å². The predicted molar refractivity (Wildman–Crippen MR) is 93.8 cm³/mol. The van der Waals surface area contributed by atoms with Crippen molar-refractivity contribution in [2.24, 2.45) is 0 Å². The van der Waals surface area contributed by atoms with Gasteiger partial charge < -0.3 is 9.15 Å². The number of ether oxygens (including phenoxy) is 1. The molecule has 1 aromatic heterocycles. The fourth-order valence-corrected chi connectivity index (χ4v) is 2.83. The summed E-state index contributed by atoms with van der Waals surface area (Å²) in [5.41, 5.74) is 0.829. The van der Waals surface area contributed by atoms with E-state index in [2.05, 4.69) is 15.5 Å². The molecule has 0 bridgehead atoms. The number of aromatic nitrogens is 2. The van der Waals surface area contributed by atoms with Crippen molar-refractivity contribution < 1.29 is 22.4 Å². The quantitative estimate of drug-likeness (QED) is 0.731. The number of carbonyl (C=O) groups excluding carboxylic acids is 1. The molecule has 3 aromatic rings. The van der Waals surface area contributed by atoms with Gasteiger partial charge in [-0.05, 0) is 42.5 Å². The molecular weight excluding hydrogens is 358 g/mol. The van der Waals surface area contributed by atoms with Crippen molar-refractivity contribution in [2.75, 3.05) is 18.7 Å². The van der Waals surface area contributed by atoms with Gasteiger partial charge in [-0.2, -0.15) is 0 Å². The molecule has 0 aliphatic rings. The highest BCUT2D eigenvalue weighted by Crippen LogP contribution is 2.23. The third-order valence-corrected chi connectivity index (χ3v) is 4.62. The maximum absolute atomic E-state index is 12.3. The fraction of sp³-hybridized carbons (Fsp3) is 0.118. The summed E-state index contributed by atoms with van der Waals surface area (Å²) < 4.78 is 33.7. The van der Waals surface area contributed by atoms with Gasteiger partial charge in [0.05, 0.1) is 12.0 Å². The van der Waals surface area contributed by atoms with E-state index in [1.54, 1.807) is 31.4 Å². The Morgan fingerprint density at radius 2 is 1.85 bits per heavy atom. The lowest BCUT2D eigenvalue weighted by Gasteiger charge is -2.03. The maximum atomic E-state index is 12.3. The van der Waals surface area contributed by atoms with Gasteiger partial charge in [-0.25, -0.2) is 8.42 Å². The molecule has 0 radical (unpaired) electrons. The second-order valence-electron chi connectivity index (χ2n) is 5.39. The maximum Gasteiger partial charge on any atom is 0.322 e. The second-order valence-corrected chi connectivity index (χ2v) is 7.41. The van der Waals surface area contributed by atoms with Crippen LogP contribution in [0.5, 0.6) is 5.75 Å². The highest BCUT2D eigenvalue weighted by atomic mass is 32.2. The highest BCUT2D eigenvalue weighted by Gasteiger charge is 2.15. The molecule has 1 amide bonds. The van der Waals surface area contributed by atoms with Crippen LogP contribution < -0.4 is 10.1 Å². The average Bonchev–Trinajstić information content (AvgIpc) is 3.09. The molecule has 0 saturated heterocycles. The van der Waals surface area contributed by atoms with Crippen molar-refractivity contribution in [3.63, 3.8) is 0 Å². The number of sulfone groups is 1. The van der Waals surface area contributed by atoms with Crippen molar-refractivity contribution in [1.82, 2.24) is 10.2 Å². The number of hydrogen-bond donors (Lipinski definition) is 1. The molecule has 0 spiro atoms. The number of nitrogens with zero attached hydrogens (tertiary/aromatic N) is 2. The zero-order valence-electron chi connectivity index (χ0n) is 14.0. The summed E-state index contributed by atoms with van der Waals surface area (Å²) in [5.74, 6) is 0.362. The summed E-state index contributed by atoms with van der Waals surface area (Å²) in [6.45, 7) is 0. The third kappa shape index (κ3) is 3.89. The molecule has 8 nitrogen and oxygen atoms in total. The summed E-state index contributed by atoms with van der Waals surface area (Å²) in [6, 6.07) is 12.6. The fourth-order valence-electron chi connectivity index (χ4n) is 2.16. The Morgan fingerprint density at radius 3 is 2.50 bits per heavy atom. The topological polar surface area (TPSA) is 111 Å². The van der Waals surface area contributed by atoms with Gasteiger partial charge in [0, 0.05) is 17.4 Å². The number of rotatable bonds is 5. The minimum atomic E-state index is -3.41. The number of methoxy groups -OCH3 is 1. The smallest absolute Gasteiger partial charge is 0.322 e. The molecule has 1 heterocycles. The second kappa shape index (κ2) is 6.96. The summed E-state index contributed by atoms with van der Waals surface area (Å²) in [4.78, 5) is 12.3. The Balaban J connectivity index is 1.77. The van der Waals surface area contributed by atoms with Gasteiger partial charge in [-0.3, -0.25) is 10.1 Å². The molecule has 26 heavy (non-hydrogen) atoms. The largest absolute Gasteiger partial charge is 0.497 e. The van der Waals surface area contributed by atoms with E-state index < -0.39 is 15.7 Å². The molecule has 0 aliphatic heterocycles. The Hall–Kier alpha value is -3.20. The zero-order valence-corrected chi connectivity index (χ0v) is 14.8. The van der Waals surface area contributed by atoms with Crippen LogP contribution in [0, 0.1) is 0 Å². The molecule has 3 rings (SSSR count). The first-order valence-corrected chi connectivity index (χ1v) is 9.35. The number of amides is 1. The van der Waals surface area contributed by atoms with E-state index in [1.165, 1.54) is 24.3 Å². The van der Waals surface area contributed by atoms with Crippen LogP contribution in [0.15, 0.2) is 57.8 Å². The van der Waals surface area contributed by atoms with Crippen molar-refractivity contribution in [3.8, 4) is 17.2 Å². The number of nitrogens with one attached hydrogen (secondary N) is 1. The molecule has 1 N–H and O–H groups in total. The van der Waals surface area contributed by atoms with Crippen LogP contribution in [-0.2, 0) is 9.84 Å². The van der Waals surface area contributed by atoms with Gasteiger partial charge in [0.1, 0.15) is 5.75 Å². The zero-order chi connectivity index (χ0) is 18.7. The predicted octanol–water partition coefficient (Wildman–Crippen LogP) is 2.40.